The van der Waals surface area contributed by atoms with Crippen LogP contribution in [0.1, 0.15) is 56.2 Å². The second-order valence-corrected chi connectivity index (χ2v) is 4.81. The number of nitrogens with one attached hydrogen (secondary N) is 1. The van der Waals surface area contributed by atoms with E-state index in [-0.39, 0.29) is 6.04 Å². The number of alkyl halides is 3. The predicted octanol–water partition coefficient (Wildman–Crippen LogP) is 4.94. The third-order valence-electron chi connectivity index (χ3n) is 3.34. The summed E-state index contributed by atoms with van der Waals surface area (Å²) in [6, 6.07) is 5.60. The fourth-order valence-electron chi connectivity index (χ4n) is 2.16. The van der Waals surface area contributed by atoms with Crippen LogP contribution < -0.4 is 5.32 Å². The molecule has 0 bridgehead atoms. The van der Waals surface area contributed by atoms with Gasteiger partial charge in [0.2, 0.25) is 0 Å². The van der Waals surface area contributed by atoms with Crippen LogP contribution in [0, 0.1) is 0 Å². The Morgan fingerprint density at radius 1 is 1.05 bits per heavy atom. The molecular weight excluding hydrogens is 251 g/mol. The van der Waals surface area contributed by atoms with E-state index in [1.54, 1.807) is 12.1 Å². The molecule has 0 aromatic heterocycles. The molecule has 0 spiro atoms. The zero-order chi connectivity index (χ0) is 14.3. The molecule has 0 radical (unpaired) electrons. The second-order valence-electron chi connectivity index (χ2n) is 4.81. The van der Waals surface area contributed by atoms with Crippen LogP contribution in [-0.4, -0.2) is 7.05 Å². The highest BCUT2D eigenvalue weighted by molar-refractivity contribution is 5.26. The van der Waals surface area contributed by atoms with Crippen molar-refractivity contribution in [3.63, 3.8) is 0 Å². The van der Waals surface area contributed by atoms with Gasteiger partial charge in [0.15, 0.2) is 0 Å². The summed E-state index contributed by atoms with van der Waals surface area (Å²) in [5, 5.41) is 3.17. The third kappa shape index (κ3) is 5.23. The molecular formula is C15H22F3N. The summed E-state index contributed by atoms with van der Waals surface area (Å²) in [7, 11) is 1.85. The Kier molecular flexibility index (Phi) is 6.35. The quantitative estimate of drug-likeness (QED) is 0.694. The molecule has 108 valence electrons. The summed E-state index contributed by atoms with van der Waals surface area (Å²) in [4.78, 5) is 0. The Hall–Kier alpha value is -1.03. The van der Waals surface area contributed by atoms with E-state index in [0.29, 0.717) is 0 Å². The Morgan fingerprint density at radius 3 is 2.16 bits per heavy atom. The van der Waals surface area contributed by atoms with Crippen molar-refractivity contribution in [2.45, 2.75) is 51.2 Å². The first-order valence-corrected chi connectivity index (χ1v) is 6.83. The van der Waals surface area contributed by atoms with E-state index in [2.05, 4.69) is 12.2 Å². The number of benzene rings is 1. The predicted molar refractivity (Wildman–Crippen MR) is 72.0 cm³/mol. The molecule has 4 heteroatoms. The van der Waals surface area contributed by atoms with Gasteiger partial charge < -0.3 is 5.32 Å². The summed E-state index contributed by atoms with van der Waals surface area (Å²) in [5.41, 5.74) is 0.337. The largest absolute Gasteiger partial charge is 0.416 e. The summed E-state index contributed by atoms with van der Waals surface area (Å²) < 4.78 is 37.4. The Balaban J connectivity index is 2.61. The van der Waals surface area contributed by atoms with Crippen LogP contribution in [0.3, 0.4) is 0 Å². The molecule has 0 aliphatic carbocycles. The third-order valence-corrected chi connectivity index (χ3v) is 3.34. The molecule has 0 heterocycles. The average Bonchev–Trinajstić information content (AvgIpc) is 2.38. The lowest BCUT2D eigenvalue weighted by Crippen LogP contribution is -2.16. The minimum Gasteiger partial charge on any atom is -0.313 e. The standard InChI is InChI=1S/C15H22F3N/c1-3-4-5-6-7-14(19-2)12-8-10-13(11-9-12)15(16,17)18/h8-11,14,19H,3-7H2,1-2H3/t14-/m1/s1. The summed E-state index contributed by atoms with van der Waals surface area (Å²) in [6.07, 6.45) is 1.38. The number of unbranched alkanes of at least 4 members (excludes halogenated alkanes) is 3. The molecule has 0 amide bonds. The van der Waals surface area contributed by atoms with Gasteiger partial charge in [-0.25, -0.2) is 0 Å². The molecule has 19 heavy (non-hydrogen) atoms. The van der Waals surface area contributed by atoms with Gasteiger partial charge in [0, 0.05) is 6.04 Å². The fourth-order valence-corrected chi connectivity index (χ4v) is 2.16. The second kappa shape index (κ2) is 7.53. The van der Waals surface area contributed by atoms with Crippen molar-refractivity contribution in [3.05, 3.63) is 35.4 Å². The maximum atomic E-state index is 12.5. The van der Waals surface area contributed by atoms with E-state index in [4.69, 9.17) is 0 Å². The molecule has 0 saturated carbocycles. The highest BCUT2D eigenvalue weighted by atomic mass is 19.4. The topological polar surface area (TPSA) is 12.0 Å². The zero-order valence-corrected chi connectivity index (χ0v) is 11.6. The van der Waals surface area contributed by atoms with E-state index < -0.39 is 11.7 Å². The summed E-state index contributed by atoms with van der Waals surface area (Å²) in [6.45, 7) is 2.16. The van der Waals surface area contributed by atoms with Gasteiger partial charge in [0.25, 0.3) is 0 Å². The van der Waals surface area contributed by atoms with Crippen molar-refractivity contribution in [1.82, 2.24) is 5.32 Å². The molecule has 1 atom stereocenters. The van der Waals surface area contributed by atoms with Gasteiger partial charge in [-0.3, -0.25) is 0 Å². The Bertz CT molecular complexity index is 357. The van der Waals surface area contributed by atoms with Crippen LogP contribution in [0.5, 0.6) is 0 Å². The lowest BCUT2D eigenvalue weighted by molar-refractivity contribution is -0.137. The van der Waals surface area contributed by atoms with E-state index >= 15 is 0 Å². The fraction of sp³-hybridized carbons (Fsp3) is 0.600. The van der Waals surface area contributed by atoms with Gasteiger partial charge in [-0.2, -0.15) is 13.2 Å². The zero-order valence-electron chi connectivity index (χ0n) is 11.6. The van der Waals surface area contributed by atoms with Crippen molar-refractivity contribution < 1.29 is 13.2 Å². The molecule has 0 aliphatic heterocycles. The van der Waals surface area contributed by atoms with E-state index in [0.717, 1.165) is 30.5 Å². The van der Waals surface area contributed by atoms with Gasteiger partial charge in [-0.15, -0.1) is 0 Å². The van der Waals surface area contributed by atoms with Gasteiger partial charge >= 0.3 is 6.18 Å². The molecule has 1 nitrogen and oxygen atoms in total. The molecule has 0 aliphatic rings. The van der Waals surface area contributed by atoms with Crippen LogP contribution in [0.25, 0.3) is 0 Å². The van der Waals surface area contributed by atoms with Crippen molar-refractivity contribution in [1.29, 1.82) is 0 Å². The van der Waals surface area contributed by atoms with Gasteiger partial charge in [0.1, 0.15) is 0 Å². The van der Waals surface area contributed by atoms with Crippen LogP contribution in [0.4, 0.5) is 13.2 Å². The first kappa shape index (κ1) is 16.0. The lowest BCUT2D eigenvalue weighted by Gasteiger charge is -2.17. The maximum absolute atomic E-state index is 12.5. The normalized spacial score (nSPS) is 13.5. The van der Waals surface area contributed by atoms with Crippen molar-refractivity contribution in [2.24, 2.45) is 0 Å². The van der Waals surface area contributed by atoms with Crippen molar-refractivity contribution in [3.8, 4) is 0 Å². The minimum atomic E-state index is -4.26. The summed E-state index contributed by atoms with van der Waals surface area (Å²) in [5.74, 6) is 0. The first-order chi connectivity index (χ1) is 8.99. The average molecular weight is 273 g/mol. The Morgan fingerprint density at radius 2 is 1.68 bits per heavy atom. The van der Waals surface area contributed by atoms with Crippen LogP contribution in [0.15, 0.2) is 24.3 Å². The van der Waals surface area contributed by atoms with Crippen LogP contribution in [0.2, 0.25) is 0 Å². The molecule has 0 fully saturated rings. The van der Waals surface area contributed by atoms with Gasteiger partial charge in [-0.1, -0.05) is 44.7 Å². The van der Waals surface area contributed by atoms with Gasteiger partial charge in [-0.05, 0) is 31.2 Å². The molecule has 1 aromatic carbocycles. The lowest BCUT2D eigenvalue weighted by atomic mass is 9.99. The number of hydrogen-bond donors (Lipinski definition) is 1. The maximum Gasteiger partial charge on any atom is 0.416 e. The minimum absolute atomic E-state index is 0.138. The number of halogens is 3. The molecule has 1 aromatic rings. The molecule has 0 saturated heterocycles. The first-order valence-electron chi connectivity index (χ1n) is 6.83. The van der Waals surface area contributed by atoms with Gasteiger partial charge in [0.05, 0.1) is 5.56 Å². The van der Waals surface area contributed by atoms with Crippen LogP contribution in [-0.2, 0) is 6.18 Å². The van der Waals surface area contributed by atoms with E-state index in [9.17, 15) is 13.2 Å². The Labute approximate surface area is 113 Å². The molecule has 1 N–H and O–H groups in total. The van der Waals surface area contributed by atoms with Crippen molar-refractivity contribution >= 4 is 0 Å². The SMILES string of the molecule is CCCCCC[C@@H](NC)c1ccc(C(F)(F)F)cc1. The molecule has 1 rings (SSSR count). The monoisotopic (exact) mass is 273 g/mol. The summed E-state index contributed by atoms with van der Waals surface area (Å²) >= 11 is 0. The smallest absolute Gasteiger partial charge is 0.313 e. The highest BCUT2D eigenvalue weighted by Gasteiger charge is 2.30. The molecule has 0 unspecified atom stereocenters. The van der Waals surface area contributed by atoms with Crippen LogP contribution >= 0.6 is 0 Å². The highest BCUT2D eigenvalue weighted by Crippen LogP contribution is 2.30. The number of hydrogen-bond acceptors (Lipinski definition) is 1. The van der Waals surface area contributed by atoms with E-state index in [1.807, 2.05) is 7.05 Å². The van der Waals surface area contributed by atoms with Crippen molar-refractivity contribution in [2.75, 3.05) is 7.05 Å². The van der Waals surface area contributed by atoms with E-state index in [1.165, 1.54) is 19.3 Å². The number of rotatable bonds is 7.